The minimum atomic E-state index is 0.454. The molecule has 0 bridgehead atoms. The summed E-state index contributed by atoms with van der Waals surface area (Å²) in [6, 6.07) is 2.40. The van der Waals surface area contributed by atoms with E-state index in [9.17, 15) is 0 Å². The van der Waals surface area contributed by atoms with E-state index in [2.05, 4.69) is 11.4 Å². The molecule has 0 aromatic carbocycles. The smallest absolute Gasteiger partial charge is 0.0699 e. The highest BCUT2D eigenvalue weighted by Gasteiger charge is 2.16. The lowest BCUT2D eigenvalue weighted by Gasteiger charge is -2.22. The maximum atomic E-state index is 5.72. The molecule has 94 valence electrons. The van der Waals surface area contributed by atoms with Gasteiger partial charge in [-0.25, -0.2) is 0 Å². The lowest BCUT2D eigenvalue weighted by molar-refractivity contribution is 0.0168. The summed E-state index contributed by atoms with van der Waals surface area (Å²) in [5.41, 5.74) is 1.61. The van der Waals surface area contributed by atoms with Gasteiger partial charge in [0.2, 0.25) is 0 Å². The fourth-order valence-corrected chi connectivity index (χ4v) is 4.03. The molecule has 0 spiro atoms. The quantitative estimate of drug-likeness (QED) is 0.888. The van der Waals surface area contributed by atoms with Crippen molar-refractivity contribution in [2.75, 3.05) is 13.2 Å². The Kier molecular flexibility index (Phi) is 3.79. The van der Waals surface area contributed by atoms with Crippen molar-refractivity contribution in [1.29, 1.82) is 0 Å². The number of ether oxygens (including phenoxy) is 1. The van der Waals surface area contributed by atoms with Crippen LogP contribution >= 0.6 is 11.3 Å². The number of hydrogen-bond acceptors (Lipinski definition) is 3. The average molecular weight is 251 g/mol. The third kappa shape index (κ3) is 2.90. The first-order valence-corrected chi connectivity index (χ1v) is 7.66. The third-order valence-electron chi connectivity index (χ3n) is 3.74. The predicted molar refractivity (Wildman–Crippen MR) is 71.6 cm³/mol. The van der Waals surface area contributed by atoms with E-state index in [1.54, 1.807) is 10.4 Å². The van der Waals surface area contributed by atoms with Crippen LogP contribution in [0.25, 0.3) is 0 Å². The molecule has 1 aliphatic carbocycles. The van der Waals surface area contributed by atoms with Crippen LogP contribution in [0.2, 0.25) is 0 Å². The van der Waals surface area contributed by atoms with Crippen molar-refractivity contribution < 1.29 is 4.74 Å². The molecule has 2 nitrogen and oxygen atoms in total. The van der Waals surface area contributed by atoms with Crippen molar-refractivity contribution >= 4 is 11.3 Å². The summed E-state index contributed by atoms with van der Waals surface area (Å²) in [4.78, 5) is 3.14. The van der Waals surface area contributed by atoms with Gasteiger partial charge in [-0.2, -0.15) is 0 Å². The fraction of sp³-hybridized carbons (Fsp3) is 0.714. The molecule has 1 unspecified atom stereocenters. The molecule has 0 amide bonds. The van der Waals surface area contributed by atoms with Gasteiger partial charge in [0, 0.05) is 29.5 Å². The SMILES string of the molecule is c1c(CNCC2CCCCO2)sc2c1CCC2. The van der Waals surface area contributed by atoms with Crippen molar-refractivity contribution in [1.82, 2.24) is 5.32 Å². The maximum absolute atomic E-state index is 5.72. The Balaban J connectivity index is 1.44. The van der Waals surface area contributed by atoms with E-state index in [1.807, 2.05) is 11.3 Å². The first kappa shape index (κ1) is 11.7. The molecular formula is C14H21NOS. The van der Waals surface area contributed by atoms with Gasteiger partial charge in [-0.05, 0) is 50.2 Å². The molecule has 1 aromatic rings. The average Bonchev–Trinajstić information content (AvgIpc) is 2.91. The van der Waals surface area contributed by atoms with Gasteiger partial charge >= 0.3 is 0 Å². The van der Waals surface area contributed by atoms with Crippen LogP contribution in [0.3, 0.4) is 0 Å². The van der Waals surface area contributed by atoms with Gasteiger partial charge in [-0.3, -0.25) is 0 Å². The highest BCUT2D eigenvalue weighted by molar-refractivity contribution is 7.12. The molecule has 2 heterocycles. The Labute approximate surface area is 107 Å². The molecule has 0 saturated carbocycles. The fourth-order valence-electron chi connectivity index (χ4n) is 2.80. The molecule has 1 aromatic heterocycles. The van der Waals surface area contributed by atoms with Gasteiger partial charge < -0.3 is 10.1 Å². The second kappa shape index (κ2) is 5.51. The molecule has 1 aliphatic heterocycles. The number of nitrogens with one attached hydrogen (secondary N) is 1. The van der Waals surface area contributed by atoms with E-state index in [1.165, 1.54) is 43.4 Å². The van der Waals surface area contributed by atoms with E-state index >= 15 is 0 Å². The summed E-state index contributed by atoms with van der Waals surface area (Å²) < 4.78 is 5.72. The number of aryl methyl sites for hydroxylation is 2. The van der Waals surface area contributed by atoms with Crippen LogP contribution in [0.5, 0.6) is 0 Å². The summed E-state index contributed by atoms with van der Waals surface area (Å²) in [6.07, 6.45) is 8.24. The van der Waals surface area contributed by atoms with Crippen molar-refractivity contribution in [3.8, 4) is 0 Å². The van der Waals surface area contributed by atoms with E-state index in [0.717, 1.165) is 19.7 Å². The highest BCUT2D eigenvalue weighted by Crippen LogP contribution is 2.30. The van der Waals surface area contributed by atoms with E-state index in [4.69, 9.17) is 4.74 Å². The zero-order valence-corrected chi connectivity index (χ0v) is 11.2. The molecular weight excluding hydrogens is 230 g/mol. The Morgan fingerprint density at radius 2 is 2.29 bits per heavy atom. The van der Waals surface area contributed by atoms with Crippen LogP contribution in [0.4, 0.5) is 0 Å². The minimum Gasteiger partial charge on any atom is -0.377 e. The van der Waals surface area contributed by atoms with Crippen LogP contribution in [0.15, 0.2) is 6.07 Å². The molecule has 2 aliphatic rings. The first-order valence-electron chi connectivity index (χ1n) is 6.84. The molecule has 1 atom stereocenters. The highest BCUT2D eigenvalue weighted by atomic mass is 32.1. The second-order valence-corrected chi connectivity index (χ2v) is 6.36. The summed E-state index contributed by atoms with van der Waals surface area (Å²) in [7, 11) is 0. The van der Waals surface area contributed by atoms with Crippen LogP contribution < -0.4 is 5.32 Å². The summed E-state index contributed by atoms with van der Waals surface area (Å²) >= 11 is 2.01. The van der Waals surface area contributed by atoms with Crippen LogP contribution in [0, 0.1) is 0 Å². The summed E-state index contributed by atoms with van der Waals surface area (Å²) in [5.74, 6) is 0. The molecule has 0 radical (unpaired) electrons. The summed E-state index contributed by atoms with van der Waals surface area (Å²) in [5, 5.41) is 3.55. The van der Waals surface area contributed by atoms with E-state index in [-0.39, 0.29) is 0 Å². The van der Waals surface area contributed by atoms with Crippen molar-refractivity contribution in [2.45, 2.75) is 51.2 Å². The van der Waals surface area contributed by atoms with Crippen LogP contribution in [0.1, 0.15) is 41.0 Å². The lowest BCUT2D eigenvalue weighted by atomic mass is 10.1. The number of hydrogen-bond donors (Lipinski definition) is 1. The van der Waals surface area contributed by atoms with Crippen molar-refractivity contribution in [3.05, 3.63) is 21.4 Å². The maximum Gasteiger partial charge on any atom is 0.0699 e. The monoisotopic (exact) mass is 251 g/mol. The first-order chi connectivity index (χ1) is 8.42. The van der Waals surface area contributed by atoms with Gasteiger partial charge in [0.25, 0.3) is 0 Å². The molecule has 1 saturated heterocycles. The third-order valence-corrected chi connectivity index (χ3v) is 4.98. The largest absolute Gasteiger partial charge is 0.377 e. The molecule has 1 fully saturated rings. The minimum absolute atomic E-state index is 0.454. The Bertz CT molecular complexity index is 347. The van der Waals surface area contributed by atoms with Crippen molar-refractivity contribution in [2.24, 2.45) is 0 Å². The van der Waals surface area contributed by atoms with Crippen molar-refractivity contribution in [3.63, 3.8) is 0 Å². The molecule has 17 heavy (non-hydrogen) atoms. The lowest BCUT2D eigenvalue weighted by Crippen LogP contribution is -2.31. The Hall–Kier alpha value is -0.380. The van der Waals surface area contributed by atoms with Gasteiger partial charge in [0.05, 0.1) is 6.10 Å². The normalized spacial score (nSPS) is 23.9. The standard InChI is InChI=1S/C14H21NOS/c1-2-7-16-12(5-1)9-15-10-13-8-11-4-3-6-14(11)17-13/h8,12,15H,1-7,9-10H2. The van der Waals surface area contributed by atoms with E-state index < -0.39 is 0 Å². The number of fused-ring (bicyclic) bond motifs is 1. The van der Waals surface area contributed by atoms with Gasteiger partial charge in [-0.1, -0.05) is 0 Å². The predicted octanol–water partition coefficient (Wildman–Crippen LogP) is 2.90. The van der Waals surface area contributed by atoms with Crippen LogP contribution in [-0.4, -0.2) is 19.3 Å². The topological polar surface area (TPSA) is 21.3 Å². The summed E-state index contributed by atoms with van der Waals surface area (Å²) in [6.45, 7) is 3.00. The van der Waals surface area contributed by atoms with Gasteiger partial charge in [-0.15, -0.1) is 11.3 Å². The van der Waals surface area contributed by atoms with Gasteiger partial charge in [0.15, 0.2) is 0 Å². The van der Waals surface area contributed by atoms with Crippen LogP contribution in [-0.2, 0) is 24.1 Å². The number of rotatable bonds is 4. The number of thiophene rings is 1. The molecule has 3 heteroatoms. The van der Waals surface area contributed by atoms with E-state index in [0.29, 0.717) is 6.10 Å². The molecule has 3 rings (SSSR count). The molecule has 1 N–H and O–H groups in total. The second-order valence-electron chi connectivity index (χ2n) is 5.13. The Morgan fingerprint density at radius 3 is 3.12 bits per heavy atom. The Morgan fingerprint density at radius 1 is 1.29 bits per heavy atom. The van der Waals surface area contributed by atoms with Gasteiger partial charge in [0.1, 0.15) is 0 Å². The zero-order chi connectivity index (χ0) is 11.5. The zero-order valence-electron chi connectivity index (χ0n) is 10.3.